The van der Waals surface area contributed by atoms with E-state index in [1.807, 2.05) is 19.9 Å². The molecule has 0 aromatic heterocycles. The lowest BCUT2D eigenvalue weighted by Gasteiger charge is -2.13. The van der Waals surface area contributed by atoms with Crippen LogP contribution in [0.1, 0.15) is 22.3 Å². The second-order valence-corrected chi connectivity index (χ2v) is 8.17. The summed E-state index contributed by atoms with van der Waals surface area (Å²) in [5.74, 6) is -0.781. The molecular formula is C25H23Cl2N3O4. The van der Waals surface area contributed by atoms with Crippen LogP contribution in [0, 0.1) is 13.8 Å². The lowest BCUT2D eigenvalue weighted by atomic mass is 10.1. The quantitative estimate of drug-likeness (QED) is 0.262. The molecule has 176 valence electrons. The molecule has 2 amide bonds. The number of carbonyl (C=O) groups excluding carboxylic acids is 2. The number of amides is 2. The van der Waals surface area contributed by atoms with Gasteiger partial charge in [-0.3, -0.25) is 9.59 Å². The Hall–Kier alpha value is -3.55. The number of hydrogen-bond donors (Lipinski definition) is 2. The first-order chi connectivity index (χ1) is 16.3. The topological polar surface area (TPSA) is 89.0 Å². The molecule has 7 nitrogen and oxygen atoms in total. The molecule has 0 saturated carbocycles. The summed E-state index contributed by atoms with van der Waals surface area (Å²) in [6.45, 7) is 4.05. The molecule has 0 aliphatic carbocycles. The van der Waals surface area contributed by atoms with Crippen molar-refractivity contribution in [1.29, 1.82) is 0 Å². The molecule has 3 rings (SSSR count). The van der Waals surface area contributed by atoms with Crippen molar-refractivity contribution in [3.8, 4) is 11.5 Å². The van der Waals surface area contributed by atoms with E-state index in [1.54, 1.807) is 48.5 Å². The molecule has 0 aliphatic rings. The van der Waals surface area contributed by atoms with Gasteiger partial charge >= 0.3 is 11.8 Å². The van der Waals surface area contributed by atoms with Gasteiger partial charge in [-0.05, 0) is 73.0 Å². The van der Waals surface area contributed by atoms with Crippen LogP contribution in [-0.2, 0) is 16.2 Å². The molecule has 3 aromatic rings. The number of aryl methyl sites for hydroxylation is 2. The van der Waals surface area contributed by atoms with Gasteiger partial charge in [0.15, 0.2) is 11.5 Å². The second-order valence-electron chi connectivity index (χ2n) is 7.35. The average Bonchev–Trinajstić information content (AvgIpc) is 2.81. The number of anilines is 1. The summed E-state index contributed by atoms with van der Waals surface area (Å²) in [6.07, 6.45) is 1.39. The van der Waals surface area contributed by atoms with Crippen molar-refractivity contribution in [2.75, 3.05) is 12.4 Å². The molecule has 0 radical (unpaired) electrons. The fraction of sp³-hybridized carbons (Fsp3) is 0.160. The van der Waals surface area contributed by atoms with Crippen LogP contribution in [0.25, 0.3) is 0 Å². The Morgan fingerprint density at radius 2 is 1.68 bits per heavy atom. The first-order valence-corrected chi connectivity index (χ1v) is 11.0. The largest absolute Gasteiger partial charge is 0.493 e. The van der Waals surface area contributed by atoms with Crippen molar-refractivity contribution in [2.24, 2.45) is 5.10 Å². The van der Waals surface area contributed by atoms with Crippen LogP contribution in [0.3, 0.4) is 0 Å². The summed E-state index contributed by atoms with van der Waals surface area (Å²) in [7, 11) is 1.50. The van der Waals surface area contributed by atoms with Gasteiger partial charge in [0.2, 0.25) is 0 Å². The van der Waals surface area contributed by atoms with Crippen LogP contribution >= 0.6 is 23.2 Å². The Morgan fingerprint density at radius 1 is 0.941 bits per heavy atom. The van der Waals surface area contributed by atoms with E-state index in [4.69, 9.17) is 32.7 Å². The zero-order valence-corrected chi connectivity index (χ0v) is 20.3. The maximum atomic E-state index is 12.1. The SMILES string of the molecule is COc1cc(/C=N/NC(=O)C(=O)Nc2ccc(C)c(C)c2)ccc1OCc1c(Cl)cccc1Cl. The van der Waals surface area contributed by atoms with Crippen molar-refractivity contribution in [3.05, 3.63) is 86.9 Å². The Morgan fingerprint density at radius 3 is 2.35 bits per heavy atom. The van der Waals surface area contributed by atoms with Gasteiger partial charge in [0.05, 0.1) is 13.3 Å². The van der Waals surface area contributed by atoms with Gasteiger partial charge in [0.1, 0.15) is 6.61 Å². The van der Waals surface area contributed by atoms with Crippen molar-refractivity contribution >= 4 is 46.9 Å². The summed E-state index contributed by atoms with van der Waals surface area (Å²) >= 11 is 12.4. The minimum Gasteiger partial charge on any atom is -0.493 e. The fourth-order valence-corrected chi connectivity index (χ4v) is 3.43. The van der Waals surface area contributed by atoms with Gasteiger partial charge in [0.25, 0.3) is 0 Å². The first-order valence-electron chi connectivity index (χ1n) is 10.2. The molecule has 0 saturated heterocycles. The highest BCUT2D eigenvalue weighted by Crippen LogP contribution is 2.31. The predicted molar refractivity (Wildman–Crippen MR) is 134 cm³/mol. The standard InChI is InChI=1S/C25H23Cl2N3O4/c1-15-7-9-18(11-16(15)2)29-24(31)25(32)30-28-13-17-8-10-22(23(12-17)33-3)34-14-19-20(26)5-4-6-21(19)27/h4-13H,14H2,1-3H3,(H,29,31)(H,30,32)/b28-13+. The van der Waals surface area contributed by atoms with E-state index in [-0.39, 0.29) is 6.61 Å². The molecule has 34 heavy (non-hydrogen) atoms. The number of nitrogens with zero attached hydrogens (tertiary/aromatic N) is 1. The smallest absolute Gasteiger partial charge is 0.329 e. The molecule has 0 heterocycles. The number of benzene rings is 3. The van der Waals surface area contributed by atoms with E-state index in [9.17, 15) is 9.59 Å². The molecule has 0 unspecified atom stereocenters. The number of halogens is 2. The van der Waals surface area contributed by atoms with E-state index in [0.29, 0.717) is 38.4 Å². The Labute approximate surface area is 207 Å². The van der Waals surface area contributed by atoms with Crippen LogP contribution in [-0.4, -0.2) is 25.1 Å². The molecule has 0 atom stereocenters. The van der Waals surface area contributed by atoms with E-state index in [1.165, 1.54) is 13.3 Å². The number of ether oxygens (including phenoxy) is 2. The highest BCUT2D eigenvalue weighted by Gasteiger charge is 2.13. The number of carbonyl (C=O) groups is 2. The lowest BCUT2D eigenvalue weighted by Crippen LogP contribution is -2.32. The molecule has 0 aliphatic heterocycles. The van der Waals surface area contributed by atoms with Crippen molar-refractivity contribution < 1.29 is 19.1 Å². The van der Waals surface area contributed by atoms with Crippen LogP contribution in [0.15, 0.2) is 59.7 Å². The minimum atomic E-state index is -0.891. The van der Waals surface area contributed by atoms with Gasteiger partial charge in [0, 0.05) is 21.3 Å². The summed E-state index contributed by atoms with van der Waals surface area (Å²) in [5.41, 5.74) is 6.12. The number of hydrazone groups is 1. The van der Waals surface area contributed by atoms with Crippen molar-refractivity contribution in [1.82, 2.24) is 5.43 Å². The Balaban J connectivity index is 1.59. The van der Waals surface area contributed by atoms with Gasteiger partial charge in [-0.25, -0.2) is 5.43 Å². The summed E-state index contributed by atoms with van der Waals surface area (Å²) in [5, 5.41) is 7.39. The maximum absolute atomic E-state index is 12.1. The predicted octanol–water partition coefficient (Wildman–Crippen LogP) is 5.29. The average molecular weight is 500 g/mol. The summed E-state index contributed by atoms with van der Waals surface area (Å²) in [6, 6.07) is 15.7. The molecule has 3 aromatic carbocycles. The second kappa shape index (κ2) is 11.5. The Bertz CT molecular complexity index is 1220. The maximum Gasteiger partial charge on any atom is 0.329 e. The molecular weight excluding hydrogens is 477 g/mol. The normalized spacial score (nSPS) is 10.7. The molecule has 0 fully saturated rings. The lowest BCUT2D eigenvalue weighted by molar-refractivity contribution is -0.136. The van der Waals surface area contributed by atoms with Crippen LogP contribution in [0.2, 0.25) is 10.0 Å². The van der Waals surface area contributed by atoms with E-state index < -0.39 is 11.8 Å². The third-order valence-electron chi connectivity index (χ3n) is 4.97. The van der Waals surface area contributed by atoms with E-state index >= 15 is 0 Å². The number of hydrogen-bond acceptors (Lipinski definition) is 5. The minimum absolute atomic E-state index is 0.161. The number of methoxy groups -OCH3 is 1. The molecule has 9 heteroatoms. The number of nitrogens with one attached hydrogen (secondary N) is 2. The first kappa shape index (κ1) is 25.1. The van der Waals surface area contributed by atoms with E-state index in [2.05, 4.69) is 15.8 Å². The van der Waals surface area contributed by atoms with Gasteiger partial charge in [-0.1, -0.05) is 35.3 Å². The summed E-state index contributed by atoms with van der Waals surface area (Å²) in [4.78, 5) is 24.1. The van der Waals surface area contributed by atoms with Crippen LogP contribution in [0.4, 0.5) is 5.69 Å². The van der Waals surface area contributed by atoms with Crippen LogP contribution < -0.4 is 20.2 Å². The van der Waals surface area contributed by atoms with Gasteiger partial charge in [-0.15, -0.1) is 0 Å². The monoisotopic (exact) mass is 499 g/mol. The fourth-order valence-electron chi connectivity index (χ4n) is 2.93. The van der Waals surface area contributed by atoms with E-state index in [0.717, 1.165) is 11.1 Å². The van der Waals surface area contributed by atoms with Gasteiger partial charge < -0.3 is 14.8 Å². The molecule has 2 N–H and O–H groups in total. The third kappa shape index (κ3) is 6.50. The number of rotatable bonds is 7. The summed E-state index contributed by atoms with van der Waals surface area (Å²) < 4.78 is 11.2. The zero-order chi connectivity index (χ0) is 24.7. The third-order valence-corrected chi connectivity index (χ3v) is 5.68. The van der Waals surface area contributed by atoms with Crippen molar-refractivity contribution in [3.63, 3.8) is 0 Å². The van der Waals surface area contributed by atoms with Crippen molar-refractivity contribution in [2.45, 2.75) is 20.5 Å². The highest BCUT2D eigenvalue weighted by molar-refractivity contribution is 6.39. The zero-order valence-electron chi connectivity index (χ0n) is 18.8. The van der Waals surface area contributed by atoms with Crippen LogP contribution in [0.5, 0.6) is 11.5 Å². The van der Waals surface area contributed by atoms with Gasteiger partial charge in [-0.2, -0.15) is 5.10 Å². The molecule has 0 spiro atoms. The molecule has 0 bridgehead atoms. The highest BCUT2D eigenvalue weighted by atomic mass is 35.5. The Kier molecular flexibility index (Phi) is 8.51.